The second-order valence-corrected chi connectivity index (χ2v) is 9.11. The quantitative estimate of drug-likeness (QED) is 0.334. The van der Waals surface area contributed by atoms with E-state index in [4.69, 9.17) is 9.47 Å². The third-order valence-corrected chi connectivity index (χ3v) is 6.85. The van der Waals surface area contributed by atoms with Crippen LogP contribution in [-0.2, 0) is 4.79 Å². The second kappa shape index (κ2) is 10.4. The van der Waals surface area contributed by atoms with Crippen LogP contribution >= 0.6 is 23.1 Å². The molecular formula is C24H21N3O4S2. The molecule has 0 saturated carbocycles. The number of carbonyl (C=O) groups is 2. The van der Waals surface area contributed by atoms with Gasteiger partial charge in [0.25, 0.3) is 5.91 Å². The van der Waals surface area contributed by atoms with E-state index < -0.39 is 0 Å². The molecule has 0 saturated heterocycles. The predicted octanol–water partition coefficient (Wildman–Crippen LogP) is 5.30. The Morgan fingerprint density at radius 1 is 0.939 bits per heavy atom. The van der Waals surface area contributed by atoms with E-state index in [0.29, 0.717) is 28.4 Å². The summed E-state index contributed by atoms with van der Waals surface area (Å²) in [6, 6.07) is 19.9. The lowest BCUT2D eigenvalue weighted by Gasteiger charge is -2.09. The Hall–Kier alpha value is -3.56. The number of hydrogen-bond donors (Lipinski definition) is 2. The molecule has 0 aliphatic carbocycles. The van der Waals surface area contributed by atoms with Crippen LogP contribution in [0.4, 0.5) is 11.4 Å². The number of hydrogen-bond acceptors (Lipinski definition) is 7. The number of ether oxygens (including phenoxy) is 2. The van der Waals surface area contributed by atoms with Crippen LogP contribution in [0.5, 0.6) is 11.5 Å². The summed E-state index contributed by atoms with van der Waals surface area (Å²) >= 11 is 2.83. The SMILES string of the molecule is COc1ccccc1NC(=O)CSc1nc2ccc(NC(=O)c3ccccc3OC)cc2s1. The Balaban J connectivity index is 1.40. The molecule has 9 heteroatoms. The first kappa shape index (κ1) is 22.6. The molecule has 0 radical (unpaired) electrons. The van der Waals surface area contributed by atoms with Crippen LogP contribution in [0.15, 0.2) is 71.1 Å². The van der Waals surface area contributed by atoms with Crippen molar-refractivity contribution in [1.29, 1.82) is 0 Å². The van der Waals surface area contributed by atoms with E-state index in [9.17, 15) is 9.59 Å². The van der Waals surface area contributed by atoms with Crippen molar-refractivity contribution in [3.8, 4) is 11.5 Å². The molecule has 1 heterocycles. The highest BCUT2D eigenvalue weighted by Crippen LogP contribution is 2.32. The lowest BCUT2D eigenvalue weighted by Crippen LogP contribution is -2.14. The maximum Gasteiger partial charge on any atom is 0.259 e. The highest BCUT2D eigenvalue weighted by Gasteiger charge is 2.14. The monoisotopic (exact) mass is 479 g/mol. The number of aromatic nitrogens is 1. The molecule has 4 rings (SSSR count). The van der Waals surface area contributed by atoms with Crippen molar-refractivity contribution in [2.24, 2.45) is 0 Å². The molecule has 0 spiro atoms. The van der Waals surface area contributed by atoms with Gasteiger partial charge in [-0.15, -0.1) is 11.3 Å². The van der Waals surface area contributed by atoms with Crippen LogP contribution in [0.25, 0.3) is 10.2 Å². The number of nitrogens with one attached hydrogen (secondary N) is 2. The number of fused-ring (bicyclic) bond motifs is 1. The van der Waals surface area contributed by atoms with Crippen LogP contribution in [0.2, 0.25) is 0 Å². The van der Waals surface area contributed by atoms with Gasteiger partial charge in [0.15, 0.2) is 4.34 Å². The summed E-state index contributed by atoms with van der Waals surface area (Å²) in [5, 5.41) is 5.76. The molecule has 0 unspecified atom stereocenters. The number of anilines is 2. The van der Waals surface area contributed by atoms with Gasteiger partial charge in [0, 0.05) is 5.69 Å². The summed E-state index contributed by atoms with van der Waals surface area (Å²) in [5.74, 6) is 0.944. The Kier molecular flexibility index (Phi) is 7.11. The predicted molar refractivity (Wildman–Crippen MR) is 133 cm³/mol. The Morgan fingerprint density at radius 3 is 2.45 bits per heavy atom. The first-order chi connectivity index (χ1) is 16.1. The molecular weight excluding hydrogens is 458 g/mol. The summed E-state index contributed by atoms with van der Waals surface area (Å²) in [5.41, 5.74) is 2.56. The van der Waals surface area contributed by atoms with E-state index in [-0.39, 0.29) is 17.6 Å². The van der Waals surface area contributed by atoms with Gasteiger partial charge in [0.1, 0.15) is 11.5 Å². The van der Waals surface area contributed by atoms with Crippen molar-refractivity contribution in [3.05, 3.63) is 72.3 Å². The normalized spacial score (nSPS) is 10.6. The zero-order chi connectivity index (χ0) is 23.2. The number of thioether (sulfide) groups is 1. The molecule has 0 fully saturated rings. The summed E-state index contributed by atoms with van der Waals surface area (Å²) in [4.78, 5) is 29.6. The van der Waals surface area contributed by atoms with Gasteiger partial charge >= 0.3 is 0 Å². The molecule has 2 amide bonds. The molecule has 33 heavy (non-hydrogen) atoms. The van der Waals surface area contributed by atoms with E-state index in [2.05, 4.69) is 15.6 Å². The summed E-state index contributed by atoms with van der Waals surface area (Å²) < 4.78 is 12.2. The van der Waals surface area contributed by atoms with E-state index in [1.54, 1.807) is 43.5 Å². The molecule has 0 bridgehead atoms. The smallest absolute Gasteiger partial charge is 0.259 e. The lowest BCUT2D eigenvalue weighted by molar-refractivity contribution is -0.113. The number of thiazole rings is 1. The largest absolute Gasteiger partial charge is 0.496 e. The zero-order valence-corrected chi connectivity index (χ0v) is 19.6. The topological polar surface area (TPSA) is 89.5 Å². The highest BCUT2D eigenvalue weighted by atomic mass is 32.2. The fraction of sp³-hybridized carbons (Fsp3) is 0.125. The van der Waals surface area contributed by atoms with Gasteiger partial charge in [-0.25, -0.2) is 4.98 Å². The molecule has 1 aromatic heterocycles. The summed E-state index contributed by atoms with van der Waals surface area (Å²) in [6.07, 6.45) is 0. The summed E-state index contributed by atoms with van der Waals surface area (Å²) in [6.45, 7) is 0. The standard InChI is InChI=1S/C24H21N3O4S2/c1-30-19-9-5-3-7-16(19)23(29)25-15-11-12-18-21(13-15)33-24(27-18)32-14-22(28)26-17-8-4-6-10-20(17)31-2/h3-13H,14H2,1-2H3,(H,25,29)(H,26,28). The van der Waals surface area contributed by atoms with Gasteiger partial charge in [0.2, 0.25) is 5.91 Å². The Labute approximate surface area is 199 Å². The first-order valence-corrected chi connectivity index (χ1v) is 11.8. The van der Waals surface area contributed by atoms with Gasteiger partial charge in [0.05, 0.1) is 41.4 Å². The van der Waals surface area contributed by atoms with E-state index >= 15 is 0 Å². The van der Waals surface area contributed by atoms with Crippen molar-refractivity contribution < 1.29 is 19.1 Å². The van der Waals surface area contributed by atoms with Crippen molar-refractivity contribution in [2.45, 2.75) is 4.34 Å². The number of rotatable bonds is 8. The maximum atomic E-state index is 12.6. The highest BCUT2D eigenvalue weighted by molar-refractivity contribution is 8.01. The van der Waals surface area contributed by atoms with Crippen molar-refractivity contribution >= 4 is 56.5 Å². The van der Waals surface area contributed by atoms with Crippen LogP contribution in [0.1, 0.15) is 10.4 Å². The van der Waals surface area contributed by atoms with Gasteiger partial charge < -0.3 is 20.1 Å². The molecule has 0 atom stereocenters. The average molecular weight is 480 g/mol. The van der Waals surface area contributed by atoms with E-state index in [1.807, 2.05) is 30.3 Å². The van der Waals surface area contributed by atoms with Gasteiger partial charge in [-0.3, -0.25) is 9.59 Å². The van der Waals surface area contributed by atoms with Crippen LogP contribution in [0, 0.1) is 0 Å². The number of benzene rings is 3. The first-order valence-electron chi connectivity index (χ1n) is 9.98. The van der Waals surface area contributed by atoms with Crippen LogP contribution in [-0.4, -0.2) is 36.8 Å². The van der Waals surface area contributed by atoms with Crippen molar-refractivity contribution in [2.75, 3.05) is 30.6 Å². The van der Waals surface area contributed by atoms with Crippen molar-refractivity contribution in [3.63, 3.8) is 0 Å². The zero-order valence-electron chi connectivity index (χ0n) is 18.0. The van der Waals surface area contributed by atoms with E-state index in [0.717, 1.165) is 14.6 Å². The van der Waals surface area contributed by atoms with Gasteiger partial charge in [-0.2, -0.15) is 0 Å². The number of amides is 2. The molecule has 3 aromatic carbocycles. The number of nitrogens with zero attached hydrogens (tertiary/aromatic N) is 1. The minimum Gasteiger partial charge on any atom is -0.496 e. The maximum absolute atomic E-state index is 12.6. The molecule has 0 aliphatic rings. The average Bonchev–Trinajstić information content (AvgIpc) is 3.25. The van der Waals surface area contributed by atoms with Crippen LogP contribution < -0.4 is 20.1 Å². The van der Waals surface area contributed by atoms with Gasteiger partial charge in [-0.1, -0.05) is 36.0 Å². The molecule has 4 aromatic rings. The fourth-order valence-corrected chi connectivity index (χ4v) is 5.04. The summed E-state index contributed by atoms with van der Waals surface area (Å²) in [7, 11) is 3.10. The number of para-hydroxylation sites is 3. The Morgan fingerprint density at radius 2 is 1.67 bits per heavy atom. The van der Waals surface area contributed by atoms with Crippen molar-refractivity contribution in [1.82, 2.24) is 4.98 Å². The molecule has 168 valence electrons. The van der Waals surface area contributed by atoms with Gasteiger partial charge in [-0.05, 0) is 42.5 Å². The van der Waals surface area contributed by atoms with Crippen LogP contribution in [0.3, 0.4) is 0 Å². The second-order valence-electron chi connectivity index (χ2n) is 6.85. The minimum atomic E-state index is -0.251. The third-order valence-electron chi connectivity index (χ3n) is 4.69. The molecule has 7 nitrogen and oxygen atoms in total. The number of methoxy groups -OCH3 is 2. The lowest BCUT2D eigenvalue weighted by atomic mass is 10.2. The minimum absolute atomic E-state index is 0.145. The Bertz CT molecular complexity index is 1310. The molecule has 0 aliphatic heterocycles. The third kappa shape index (κ3) is 5.44. The number of carbonyl (C=O) groups excluding carboxylic acids is 2. The molecule has 2 N–H and O–H groups in total. The fourth-order valence-electron chi connectivity index (χ4n) is 3.14. The van der Waals surface area contributed by atoms with E-state index in [1.165, 1.54) is 30.2 Å².